The van der Waals surface area contributed by atoms with Gasteiger partial charge in [-0.3, -0.25) is 4.79 Å². The fourth-order valence-corrected chi connectivity index (χ4v) is 2.98. The van der Waals surface area contributed by atoms with Gasteiger partial charge in [-0.15, -0.1) is 0 Å². The smallest absolute Gasteiger partial charge is 0.238 e. The lowest BCUT2D eigenvalue weighted by Crippen LogP contribution is -2.35. The molecule has 0 unspecified atom stereocenters. The minimum Gasteiger partial charge on any atom is -0.355 e. The van der Waals surface area contributed by atoms with Crippen LogP contribution in [0.5, 0.6) is 0 Å². The van der Waals surface area contributed by atoms with Gasteiger partial charge in [-0.05, 0) is 54.8 Å². The predicted octanol–water partition coefficient (Wildman–Crippen LogP) is 1.48. The zero-order valence-electron chi connectivity index (χ0n) is 14.2. The first kappa shape index (κ1) is 20.4. The lowest BCUT2D eigenvalue weighted by molar-refractivity contribution is -0.120. The van der Waals surface area contributed by atoms with E-state index < -0.39 is 10.0 Å². The number of benzene rings is 2. The Balaban J connectivity index is 1.61. The number of carbonyl (C=O) groups excluding carboxylic acids is 1. The Kier molecular flexibility index (Phi) is 7.59. The van der Waals surface area contributed by atoms with E-state index in [1.165, 1.54) is 12.1 Å². The highest BCUT2D eigenvalue weighted by molar-refractivity contribution is 7.89. The lowest BCUT2D eigenvalue weighted by atomic mass is 10.1. The summed E-state index contributed by atoms with van der Waals surface area (Å²) in [4.78, 5) is 11.9. The standard InChI is InChI=1S/C18H22ClN3O3S/c19-16-5-1-14(2-6-16)10-12-22-18(23)13-21-11-9-15-3-7-17(8-4-15)26(20,24)25/h1-8,21H,9-13H2,(H,22,23)(H2,20,24,25). The highest BCUT2D eigenvalue weighted by Crippen LogP contribution is 2.10. The molecule has 1 amide bonds. The molecule has 0 heterocycles. The van der Waals surface area contributed by atoms with Crippen LogP contribution < -0.4 is 15.8 Å². The van der Waals surface area contributed by atoms with Crippen LogP contribution in [0.1, 0.15) is 11.1 Å². The minimum absolute atomic E-state index is 0.0662. The Morgan fingerprint density at radius 3 is 2.04 bits per heavy atom. The third-order valence-corrected chi connectivity index (χ3v) is 4.96. The molecule has 4 N–H and O–H groups in total. The maximum absolute atomic E-state index is 11.8. The van der Waals surface area contributed by atoms with Gasteiger partial charge in [-0.2, -0.15) is 0 Å². The number of nitrogens with two attached hydrogens (primary N) is 1. The Morgan fingerprint density at radius 2 is 1.46 bits per heavy atom. The Morgan fingerprint density at radius 1 is 0.923 bits per heavy atom. The van der Waals surface area contributed by atoms with E-state index in [-0.39, 0.29) is 17.3 Å². The van der Waals surface area contributed by atoms with E-state index in [1.54, 1.807) is 12.1 Å². The molecular weight excluding hydrogens is 374 g/mol. The first-order valence-electron chi connectivity index (χ1n) is 8.18. The van der Waals surface area contributed by atoms with Crippen LogP contribution in [0.25, 0.3) is 0 Å². The molecule has 140 valence electrons. The molecule has 2 aromatic carbocycles. The number of carbonyl (C=O) groups is 1. The molecule has 2 rings (SSSR count). The van der Waals surface area contributed by atoms with Crippen molar-refractivity contribution in [3.05, 3.63) is 64.7 Å². The number of primary sulfonamides is 1. The summed E-state index contributed by atoms with van der Waals surface area (Å²) in [6.45, 7) is 1.41. The summed E-state index contributed by atoms with van der Waals surface area (Å²) in [5, 5.41) is 11.7. The number of amides is 1. The summed E-state index contributed by atoms with van der Waals surface area (Å²) in [6.07, 6.45) is 1.43. The summed E-state index contributed by atoms with van der Waals surface area (Å²) in [6, 6.07) is 13.9. The van der Waals surface area contributed by atoms with Crippen LogP contribution in [0.15, 0.2) is 53.4 Å². The average Bonchev–Trinajstić information content (AvgIpc) is 2.60. The second-order valence-corrected chi connectivity index (χ2v) is 7.84. The van der Waals surface area contributed by atoms with Crippen molar-refractivity contribution in [2.24, 2.45) is 5.14 Å². The molecule has 0 spiro atoms. The van der Waals surface area contributed by atoms with E-state index in [0.717, 1.165) is 17.5 Å². The molecule has 2 aromatic rings. The number of halogens is 1. The molecule has 0 atom stereocenters. The van der Waals surface area contributed by atoms with Crippen LogP contribution >= 0.6 is 11.6 Å². The highest BCUT2D eigenvalue weighted by atomic mass is 35.5. The maximum Gasteiger partial charge on any atom is 0.238 e. The molecule has 0 aromatic heterocycles. The third-order valence-electron chi connectivity index (χ3n) is 3.78. The number of hydrogen-bond donors (Lipinski definition) is 3. The van der Waals surface area contributed by atoms with Crippen molar-refractivity contribution in [1.82, 2.24) is 10.6 Å². The quantitative estimate of drug-likeness (QED) is 0.559. The second-order valence-electron chi connectivity index (χ2n) is 5.84. The summed E-state index contributed by atoms with van der Waals surface area (Å²) < 4.78 is 22.4. The number of sulfonamides is 1. The van der Waals surface area contributed by atoms with Gasteiger partial charge in [0.15, 0.2) is 0 Å². The average molecular weight is 396 g/mol. The van der Waals surface area contributed by atoms with Gasteiger partial charge in [-0.1, -0.05) is 35.9 Å². The van der Waals surface area contributed by atoms with Crippen molar-refractivity contribution in [1.29, 1.82) is 0 Å². The molecule has 0 aliphatic heterocycles. The van der Waals surface area contributed by atoms with Crippen LogP contribution in [-0.2, 0) is 27.7 Å². The lowest BCUT2D eigenvalue weighted by Gasteiger charge is -2.07. The molecule has 0 bridgehead atoms. The van der Waals surface area contributed by atoms with Gasteiger partial charge in [0, 0.05) is 11.6 Å². The summed E-state index contributed by atoms with van der Waals surface area (Å²) in [5.41, 5.74) is 2.08. The summed E-state index contributed by atoms with van der Waals surface area (Å²) in [7, 11) is -3.66. The van der Waals surface area contributed by atoms with Crippen LogP contribution in [-0.4, -0.2) is 34.0 Å². The van der Waals surface area contributed by atoms with E-state index in [2.05, 4.69) is 10.6 Å². The number of nitrogens with one attached hydrogen (secondary N) is 2. The van der Waals surface area contributed by atoms with Crippen LogP contribution in [0.4, 0.5) is 0 Å². The molecule has 0 saturated heterocycles. The molecule has 8 heteroatoms. The van der Waals surface area contributed by atoms with Crippen LogP contribution in [0, 0.1) is 0 Å². The van der Waals surface area contributed by atoms with Crippen molar-refractivity contribution in [3.63, 3.8) is 0 Å². The van der Waals surface area contributed by atoms with Crippen molar-refractivity contribution in [3.8, 4) is 0 Å². The van der Waals surface area contributed by atoms with Gasteiger partial charge in [0.1, 0.15) is 0 Å². The molecule has 0 aliphatic rings. The van der Waals surface area contributed by atoms with E-state index >= 15 is 0 Å². The van der Waals surface area contributed by atoms with Crippen molar-refractivity contribution in [2.45, 2.75) is 17.7 Å². The Bertz CT molecular complexity index is 822. The normalized spacial score (nSPS) is 11.3. The zero-order chi connectivity index (χ0) is 19.0. The third kappa shape index (κ3) is 7.13. The summed E-state index contributed by atoms with van der Waals surface area (Å²) in [5.74, 6) is -0.0662. The molecule has 0 fully saturated rings. The molecule has 0 saturated carbocycles. The number of hydrogen-bond acceptors (Lipinski definition) is 4. The number of rotatable bonds is 9. The van der Waals surface area contributed by atoms with E-state index in [1.807, 2.05) is 24.3 Å². The minimum atomic E-state index is -3.66. The fraction of sp³-hybridized carbons (Fsp3) is 0.278. The largest absolute Gasteiger partial charge is 0.355 e. The summed E-state index contributed by atoms with van der Waals surface area (Å²) >= 11 is 5.83. The van der Waals surface area contributed by atoms with Gasteiger partial charge >= 0.3 is 0 Å². The Hall–Kier alpha value is -1.93. The second kappa shape index (κ2) is 9.68. The van der Waals surface area contributed by atoms with E-state index in [9.17, 15) is 13.2 Å². The monoisotopic (exact) mass is 395 g/mol. The van der Waals surface area contributed by atoms with Crippen LogP contribution in [0.2, 0.25) is 5.02 Å². The van der Waals surface area contributed by atoms with E-state index in [0.29, 0.717) is 24.5 Å². The molecular formula is C18H22ClN3O3S. The van der Waals surface area contributed by atoms with Crippen molar-refractivity contribution < 1.29 is 13.2 Å². The molecule has 26 heavy (non-hydrogen) atoms. The predicted molar refractivity (Wildman–Crippen MR) is 103 cm³/mol. The van der Waals surface area contributed by atoms with Crippen molar-refractivity contribution >= 4 is 27.5 Å². The van der Waals surface area contributed by atoms with E-state index in [4.69, 9.17) is 16.7 Å². The van der Waals surface area contributed by atoms with Gasteiger partial charge in [0.05, 0.1) is 11.4 Å². The van der Waals surface area contributed by atoms with Gasteiger partial charge in [0.25, 0.3) is 0 Å². The first-order valence-corrected chi connectivity index (χ1v) is 10.1. The van der Waals surface area contributed by atoms with Crippen LogP contribution in [0.3, 0.4) is 0 Å². The molecule has 0 aliphatic carbocycles. The molecule has 0 radical (unpaired) electrons. The highest BCUT2D eigenvalue weighted by Gasteiger charge is 2.06. The SMILES string of the molecule is NS(=O)(=O)c1ccc(CCNCC(=O)NCCc2ccc(Cl)cc2)cc1. The van der Waals surface area contributed by atoms with Gasteiger partial charge in [0.2, 0.25) is 15.9 Å². The zero-order valence-corrected chi connectivity index (χ0v) is 15.8. The van der Waals surface area contributed by atoms with Gasteiger partial charge < -0.3 is 10.6 Å². The molecule has 6 nitrogen and oxygen atoms in total. The van der Waals surface area contributed by atoms with Crippen molar-refractivity contribution in [2.75, 3.05) is 19.6 Å². The van der Waals surface area contributed by atoms with Gasteiger partial charge in [-0.25, -0.2) is 13.6 Å². The maximum atomic E-state index is 11.8. The fourth-order valence-electron chi connectivity index (χ4n) is 2.34. The topological polar surface area (TPSA) is 101 Å². The Labute approximate surface area is 158 Å². The first-order chi connectivity index (χ1) is 12.3.